The first-order valence-electron chi connectivity index (χ1n) is 5.25. The van der Waals surface area contributed by atoms with Gasteiger partial charge in [-0.05, 0) is 30.7 Å². The summed E-state index contributed by atoms with van der Waals surface area (Å²) in [7, 11) is 0. The minimum absolute atomic E-state index is 0.0581. The molecule has 0 atom stereocenters. The standard InChI is InChI=1S/C14H12ClNO/c1-9-12(6-3-7-13(9)16)14(17)10-4-2-5-11(15)8-10/h2-8H,16H2,1H3. The molecule has 0 aliphatic heterocycles. The summed E-state index contributed by atoms with van der Waals surface area (Å²) in [5.74, 6) is -0.0581. The zero-order valence-corrected chi connectivity index (χ0v) is 10.2. The maximum atomic E-state index is 12.3. The summed E-state index contributed by atoms with van der Waals surface area (Å²) in [6.45, 7) is 1.84. The van der Waals surface area contributed by atoms with E-state index >= 15 is 0 Å². The molecule has 3 heteroatoms. The van der Waals surface area contributed by atoms with E-state index in [1.807, 2.05) is 6.92 Å². The van der Waals surface area contributed by atoms with Crippen molar-refractivity contribution in [2.45, 2.75) is 6.92 Å². The fourth-order valence-electron chi connectivity index (χ4n) is 1.68. The van der Waals surface area contributed by atoms with E-state index in [9.17, 15) is 4.79 Å². The Balaban J connectivity index is 2.48. The molecule has 0 aliphatic rings. The zero-order chi connectivity index (χ0) is 12.4. The second-order valence-corrected chi connectivity index (χ2v) is 4.30. The molecule has 0 saturated heterocycles. The van der Waals surface area contributed by atoms with Crippen LogP contribution in [-0.4, -0.2) is 5.78 Å². The molecule has 0 spiro atoms. The average Bonchev–Trinajstić information content (AvgIpc) is 2.32. The fourth-order valence-corrected chi connectivity index (χ4v) is 1.88. The lowest BCUT2D eigenvalue weighted by Gasteiger charge is -2.07. The molecule has 86 valence electrons. The lowest BCUT2D eigenvalue weighted by molar-refractivity contribution is 0.103. The van der Waals surface area contributed by atoms with Crippen LogP contribution in [0.4, 0.5) is 5.69 Å². The van der Waals surface area contributed by atoms with Crippen LogP contribution in [0.3, 0.4) is 0 Å². The maximum Gasteiger partial charge on any atom is 0.193 e. The summed E-state index contributed by atoms with van der Waals surface area (Å²) in [5.41, 5.74) is 8.41. The van der Waals surface area contributed by atoms with E-state index in [2.05, 4.69) is 0 Å². The second-order valence-electron chi connectivity index (χ2n) is 3.86. The van der Waals surface area contributed by atoms with Gasteiger partial charge < -0.3 is 5.73 Å². The normalized spacial score (nSPS) is 10.2. The number of benzene rings is 2. The van der Waals surface area contributed by atoms with Crippen molar-refractivity contribution >= 4 is 23.1 Å². The van der Waals surface area contributed by atoms with E-state index in [0.29, 0.717) is 21.8 Å². The zero-order valence-electron chi connectivity index (χ0n) is 9.41. The molecule has 0 bridgehead atoms. The number of hydrogen-bond acceptors (Lipinski definition) is 2. The average molecular weight is 246 g/mol. The van der Waals surface area contributed by atoms with E-state index in [1.165, 1.54) is 0 Å². The Morgan fingerprint density at radius 1 is 1.18 bits per heavy atom. The molecular formula is C14H12ClNO. The summed E-state index contributed by atoms with van der Waals surface area (Å²) >= 11 is 5.87. The van der Waals surface area contributed by atoms with Gasteiger partial charge in [-0.25, -0.2) is 0 Å². The van der Waals surface area contributed by atoms with Gasteiger partial charge in [0.1, 0.15) is 0 Å². The minimum Gasteiger partial charge on any atom is -0.398 e. The third-order valence-corrected chi connectivity index (χ3v) is 2.94. The number of ketones is 1. The quantitative estimate of drug-likeness (QED) is 0.650. The molecule has 17 heavy (non-hydrogen) atoms. The largest absolute Gasteiger partial charge is 0.398 e. The van der Waals surface area contributed by atoms with Gasteiger partial charge >= 0.3 is 0 Å². The number of nitrogen functional groups attached to an aromatic ring is 1. The summed E-state index contributed by atoms with van der Waals surface area (Å²) in [6.07, 6.45) is 0. The first kappa shape index (κ1) is 11.7. The fraction of sp³-hybridized carbons (Fsp3) is 0.0714. The van der Waals surface area contributed by atoms with Gasteiger partial charge in [-0.15, -0.1) is 0 Å². The molecule has 0 saturated carbocycles. The van der Waals surface area contributed by atoms with Gasteiger partial charge in [0.05, 0.1) is 0 Å². The van der Waals surface area contributed by atoms with Crippen LogP contribution in [0.25, 0.3) is 0 Å². The SMILES string of the molecule is Cc1c(N)cccc1C(=O)c1cccc(Cl)c1. The van der Waals surface area contributed by atoms with Gasteiger partial charge in [-0.3, -0.25) is 4.79 Å². The minimum atomic E-state index is -0.0581. The highest BCUT2D eigenvalue weighted by atomic mass is 35.5. The van der Waals surface area contributed by atoms with Crippen molar-refractivity contribution < 1.29 is 4.79 Å². The van der Waals surface area contributed by atoms with Crippen molar-refractivity contribution in [3.8, 4) is 0 Å². The molecule has 0 aromatic heterocycles. The number of carbonyl (C=O) groups excluding carboxylic acids is 1. The number of hydrogen-bond donors (Lipinski definition) is 1. The van der Waals surface area contributed by atoms with Crippen molar-refractivity contribution in [1.29, 1.82) is 0 Å². The number of rotatable bonds is 2. The number of halogens is 1. The Labute approximate surface area is 105 Å². The van der Waals surface area contributed by atoms with E-state index in [0.717, 1.165) is 5.56 Å². The van der Waals surface area contributed by atoms with Gasteiger partial charge in [0.15, 0.2) is 5.78 Å². The summed E-state index contributed by atoms with van der Waals surface area (Å²) < 4.78 is 0. The van der Waals surface area contributed by atoms with Crippen LogP contribution in [0.5, 0.6) is 0 Å². The molecule has 0 radical (unpaired) electrons. The van der Waals surface area contributed by atoms with Crippen LogP contribution in [0, 0.1) is 6.92 Å². The molecule has 0 aliphatic carbocycles. The van der Waals surface area contributed by atoms with Gasteiger partial charge in [-0.1, -0.05) is 35.9 Å². The third kappa shape index (κ3) is 2.32. The molecule has 0 fully saturated rings. The van der Waals surface area contributed by atoms with Crippen LogP contribution in [-0.2, 0) is 0 Å². The van der Waals surface area contributed by atoms with Gasteiger partial charge in [-0.2, -0.15) is 0 Å². The van der Waals surface area contributed by atoms with Crippen molar-refractivity contribution in [1.82, 2.24) is 0 Å². The Kier molecular flexibility index (Phi) is 3.16. The lowest BCUT2D eigenvalue weighted by Crippen LogP contribution is -2.05. The molecule has 2 N–H and O–H groups in total. The molecule has 2 aromatic carbocycles. The van der Waals surface area contributed by atoms with Crippen LogP contribution in [0.2, 0.25) is 5.02 Å². The summed E-state index contributed by atoms with van der Waals surface area (Å²) in [6, 6.07) is 12.2. The van der Waals surface area contributed by atoms with Crippen molar-refractivity contribution in [2.75, 3.05) is 5.73 Å². The maximum absolute atomic E-state index is 12.3. The van der Waals surface area contributed by atoms with E-state index in [-0.39, 0.29) is 5.78 Å². The Bertz CT molecular complexity index is 578. The molecule has 2 rings (SSSR count). The van der Waals surface area contributed by atoms with Crippen LogP contribution in [0.15, 0.2) is 42.5 Å². The topological polar surface area (TPSA) is 43.1 Å². The van der Waals surface area contributed by atoms with E-state index in [4.69, 9.17) is 17.3 Å². The van der Waals surface area contributed by atoms with Gasteiger partial charge in [0.2, 0.25) is 0 Å². The molecule has 0 unspecified atom stereocenters. The van der Waals surface area contributed by atoms with E-state index < -0.39 is 0 Å². The molecular weight excluding hydrogens is 234 g/mol. The molecule has 0 amide bonds. The van der Waals surface area contributed by atoms with Crippen molar-refractivity contribution in [3.63, 3.8) is 0 Å². The van der Waals surface area contributed by atoms with E-state index in [1.54, 1.807) is 42.5 Å². The predicted molar refractivity (Wildman–Crippen MR) is 70.5 cm³/mol. The Morgan fingerprint density at radius 2 is 1.88 bits per heavy atom. The van der Waals surface area contributed by atoms with Crippen molar-refractivity contribution in [3.05, 3.63) is 64.2 Å². The van der Waals surface area contributed by atoms with Crippen LogP contribution in [0.1, 0.15) is 21.5 Å². The lowest BCUT2D eigenvalue weighted by atomic mass is 9.98. The highest BCUT2D eigenvalue weighted by Gasteiger charge is 2.12. The first-order valence-corrected chi connectivity index (χ1v) is 5.63. The van der Waals surface area contributed by atoms with Crippen LogP contribution < -0.4 is 5.73 Å². The highest BCUT2D eigenvalue weighted by Crippen LogP contribution is 2.20. The second kappa shape index (κ2) is 4.60. The highest BCUT2D eigenvalue weighted by molar-refractivity contribution is 6.31. The number of carbonyl (C=O) groups is 1. The first-order chi connectivity index (χ1) is 8.09. The number of anilines is 1. The predicted octanol–water partition coefficient (Wildman–Crippen LogP) is 3.46. The van der Waals surface area contributed by atoms with Gasteiger partial charge in [0, 0.05) is 21.8 Å². The monoisotopic (exact) mass is 245 g/mol. The molecule has 2 nitrogen and oxygen atoms in total. The Hall–Kier alpha value is -1.80. The number of nitrogens with two attached hydrogens (primary N) is 1. The summed E-state index contributed by atoms with van der Waals surface area (Å²) in [5, 5.41) is 0.553. The van der Waals surface area contributed by atoms with Gasteiger partial charge in [0.25, 0.3) is 0 Å². The molecule has 2 aromatic rings. The summed E-state index contributed by atoms with van der Waals surface area (Å²) in [4.78, 5) is 12.3. The molecule has 0 heterocycles. The van der Waals surface area contributed by atoms with Crippen LogP contribution >= 0.6 is 11.6 Å². The smallest absolute Gasteiger partial charge is 0.193 e. The van der Waals surface area contributed by atoms with Crippen molar-refractivity contribution in [2.24, 2.45) is 0 Å². The Morgan fingerprint density at radius 3 is 2.59 bits per heavy atom. The third-order valence-electron chi connectivity index (χ3n) is 2.71.